The van der Waals surface area contributed by atoms with Gasteiger partial charge in [0.2, 0.25) is 0 Å². The molecule has 0 heterocycles. The Kier molecular flexibility index (Phi) is 3.15. The van der Waals surface area contributed by atoms with E-state index in [2.05, 4.69) is 4.31 Å². The van der Waals surface area contributed by atoms with Gasteiger partial charge in [0.1, 0.15) is 0 Å². The zero-order valence-corrected chi connectivity index (χ0v) is 6.24. The predicted octanol–water partition coefficient (Wildman–Crippen LogP) is -2.48. The summed E-state index contributed by atoms with van der Waals surface area (Å²) in [4.78, 5) is 25.7. The number of phosphoric acid groups is 1. The van der Waals surface area contributed by atoms with Gasteiger partial charge in [-0.05, 0) is 0 Å². The maximum Gasteiger partial charge on any atom is 0.564 e. The minimum atomic E-state index is -5.26. The van der Waals surface area contributed by atoms with E-state index in [4.69, 9.17) is 15.0 Å². The summed E-state index contributed by atoms with van der Waals surface area (Å²) in [6, 6.07) is 0. The smallest absolute Gasteiger partial charge is 0.564 e. The van der Waals surface area contributed by atoms with Gasteiger partial charge >= 0.3 is 7.75 Å². The molecular formula is H5NO7P2. The number of quaternary nitrogens is 1. The molecule has 0 aromatic rings. The average molecular weight is 193 g/mol. The van der Waals surface area contributed by atoms with Crippen molar-refractivity contribution in [3.63, 3.8) is 0 Å². The standard InChI is InChI=1S/H5NO7P2/c2-1-9(3,4)8-10(5,6)7/h2H,(H2,1,3,4)(H2,5,6,7). The van der Waals surface area contributed by atoms with Crippen LogP contribution in [-0.4, -0.2) is 15.0 Å². The van der Waals surface area contributed by atoms with E-state index in [1.54, 1.807) is 0 Å². The van der Waals surface area contributed by atoms with Gasteiger partial charge in [-0.3, -0.25) is 9.46 Å². The van der Waals surface area contributed by atoms with E-state index in [0.717, 1.165) is 0 Å². The summed E-state index contributed by atoms with van der Waals surface area (Å²) in [6.07, 6.45) is 0. The third-order valence-electron chi connectivity index (χ3n) is 0.366. The maximum atomic E-state index is 10.1. The van der Waals surface area contributed by atoms with Gasteiger partial charge in [0.15, 0.2) is 0 Å². The summed E-state index contributed by atoms with van der Waals surface area (Å²) >= 11 is 0. The first kappa shape index (κ1) is 10.2. The fourth-order valence-corrected chi connectivity index (χ4v) is 1.52. The molecule has 62 valence electrons. The molecule has 0 bridgehead atoms. The second-order valence-corrected chi connectivity index (χ2v) is 4.18. The predicted molar refractivity (Wildman–Crippen MR) is 24.4 cm³/mol. The van der Waals surface area contributed by atoms with Gasteiger partial charge in [-0.1, -0.05) is 0 Å². The number of hydrogen-bond donors (Lipinski definition) is 4. The quantitative estimate of drug-likeness (QED) is 0.286. The third-order valence-corrected chi connectivity index (χ3v) is 2.42. The van der Waals surface area contributed by atoms with Crippen molar-refractivity contribution in [3.8, 4) is 0 Å². The van der Waals surface area contributed by atoms with Crippen molar-refractivity contribution in [1.29, 1.82) is 0 Å². The van der Waals surface area contributed by atoms with E-state index in [0.29, 0.717) is 0 Å². The molecule has 0 saturated carbocycles. The van der Waals surface area contributed by atoms with Crippen molar-refractivity contribution < 1.29 is 38.6 Å². The highest BCUT2D eigenvalue weighted by Gasteiger charge is 2.29. The van der Waals surface area contributed by atoms with Crippen LogP contribution < -0.4 is 10.1 Å². The molecule has 0 aliphatic carbocycles. The normalized spacial score (nSPS) is 23.2. The highest BCUT2D eigenvalue weighted by molar-refractivity contribution is 7.58. The van der Waals surface area contributed by atoms with Crippen molar-refractivity contribution in [2.45, 2.75) is 0 Å². The Morgan fingerprint density at radius 1 is 1.40 bits per heavy atom. The molecule has 0 spiro atoms. The van der Waals surface area contributed by atoms with E-state index in [-0.39, 0.29) is 5.25 Å². The van der Waals surface area contributed by atoms with Crippen molar-refractivity contribution >= 4 is 15.6 Å². The highest BCUT2D eigenvalue weighted by Crippen LogP contribution is 2.47. The first-order valence-electron chi connectivity index (χ1n) is 1.83. The summed E-state index contributed by atoms with van der Waals surface area (Å²) < 4.78 is 22.9. The van der Waals surface area contributed by atoms with Crippen LogP contribution in [0.15, 0.2) is 0 Å². The average Bonchev–Trinajstić information content (AvgIpc) is 1.60. The van der Waals surface area contributed by atoms with Crippen LogP contribution in [-0.2, 0) is 13.4 Å². The van der Waals surface area contributed by atoms with Crippen LogP contribution in [0.1, 0.15) is 0 Å². The summed E-state index contributed by atoms with van der Waals surface area (Å²) in [5.74, 6) is 0. The first-order valence-corrected chi connectivity index (χ1v) is 4.97. The SMILES string of the molecule is O=P([O-])(O)OP(=O)(O)[NH2+]O. The van der Waals surface area contributed by atoms with Crippen LogP contribution in [0.4, 0.5) is 0 Å². The lowest BCUT2D eigenvalue weighted by molar-refractivity contribution is -0.784. The minimum absolute atomic E-state index is 0.353. The van der Waals surface area contributed by atoms with Crippen LogP contribution in [0.25, 0.3) is 0 Å². The second-order valence-electron chi connectivity index (χ2n) is 1.23. The molecule has 0 amide bonds. The molecule has 10 heavy (non-hydrogen) atoms. The van der Waals surface area contributed by atoms with Crippen LogP contribution in [0.2, 0.25) is 0 Å². The first-order chi connectivity index (χ1) is 4.27. The molecular weight excluding hydrogens is 188 g/mol. The molecule has 0 aromatic carbocycles. The van der Waals surface area contributed by atoms with Gasteiger partial charge in [-0.15, -0.1) is 5.25 Å². The van der Waals surface area contributed by atoms with E-state index < -0.39 is 15.6 Å². The molecule has 0 radical (unpaired) electrons. The lowest BCUT2D eigenvalue weighted by atomic mass is 13.5. The van der Waals surface area contributed by atoms with Crippen molar-refractivity contribution in [2.75, 3.05) is 0 Å². The molecule has 5 N–H and O–H groups in total. The highest BCUT2D eigenvalue weighted by atomic mass is 31.3. The Morgan fingerprint density at radius 3 is 1.90 bits per heavy atom. The van der Waals surface area contributed by atoms with Gasteiger partial charge in [0.25, 0.3) is 7.82 Å². The largest absolute Gasteiger partial charge is 0.756 e. The number of nitrogens with two attached hydrogens (primary N) is 1. The molecule has 0 rings (SSSR count). The van der Waals surface area contributed by atoms with E-state index >= 15 is 0 Å². The zero-order chi connectivity index (χ0) is 8.41. The zero-order valence-electron chi connectivity index (χ0n) is 4.45. The lowest BCUT2D eigenvalue weighted by Crippen LogP contribution is -2.75. The van der Waals surface area contributed by atoms with Crippen molar-refractivity contribution in [3.05, 3.63) is 0 Å². The lowest BCUT2D eigenvalue weighted by Gasteiger charge is -2.14. The molecule has 2 atom stereocenters. The fourth-order valence-electron chi connectivity index (χ4n) is 0.169. The Morgan fingerprint density at radius 2 is 1.80 bits per heavy atom. The van der Waals surface area contributed by atoms with E-state index in [1.807, 2.05) is 0 Å². The minimum Gasteiger partial charge on any atom is -0.756 e. The monoisotopic (exact) mass is 193 g/mol. The van der Waals surface area contributed by atoms with Gasteiger partial charge < -0.3 is 9.79 Å². The molecule has 2 unspecified atom stereocenters. The third kappa shape index (κ3) is 5.04. The van der Waals surface area contributed by atoms with E-state index in [1.165, 1.54) is 0 Å². The Hall–Kier alpha value is 0.220. The van der Waals surface area contributed by atoms with Gasteiger partial charge in [-0.25, -0.2) is 5.21 Å². The van der Waals surface area contributed by atoms with Crippen LogP contribution in [0.5, 0.6) is 0 Å². The summed E-state index contributed by atoms with van der Waals surface area (Å²) in [5, 5.41) is 7.47. The molecule has 0 aromatic heterocycles. The summed E-state index contributed by atoms with van der Waals surface area (Å²) in [6.45, 7) is 0. The van der Waals surface area contributed by atoms with Gasteiger partial charge in [0.05, 0.1) is 0 Å². The summed E-state index contributed by atoms with van der Waals surface area (Å²) in [5.41, 5.74) is 0. The Bertz CT molecular complexity index is 190. The van der Waals surface area contributed by atoms with Crippen LogP contribution in [0, 0.1) is 0 Å². The molecule has 0 aliphatic heterocycles. The maximum absolute atomic E-state index is 10.1. The molecule has 0 fully saturated rings. The van der Waals surface area contributed by atoms with Crippen molar-refractivity contribution in [2.24, 2.45) is 0 Å². The van der Waals surface area contributed by atoms with Crippen LogP contribution >= 0.6 is 15.6 Å². The van der Waals surface area contributed by atoms with E-state index in [9.17, 15) is 14.0 Å². The molecule has 8 nitrogen and oxygen atoms in total. The topological polar surface area (TPSA) is 144 Å². The molecule has 10 heteroatoms. The second kappa shape index (κ2) is 3.08. The number of rotatable bonds is 3. The number of hydrogen-bond acceptors (Lipinski definition) is 5. The fraction of sp³-hybridized carbons (Fsp3) is 0. The van der Waals surface area contributed by atoms with Gasteiger partial charge in [0, 0.05) is 0 Å². The molecule has 0 saturated heterocycles. The van der Waals surface area contributed by atoms with Crippen LogP contribution in [0.3, 0.4) is 0 Å². The summed E-state index contributed by atoms with van der Waals surface area (Å²) in [7, 11) is -9.95. The molecule has 0 aliphatic rings. The van der Waals surface area contributed by atoms with Crippen molar-refractivity contribution in [1.82, 2.24) is 0 Å². The Labute approximate surface area is 55.2 Å². The Balaban J connectivity index is 4.17. The van der Waals surface area contributed by atoms with Gasteiger partial charge in [-0.2, -0.15) is 8.88 Å².